The molecule has 0 radical (unpaired) electrons. The van der Waals surface area contributed by atoms with Crippen molar-refractivity contribution < 1.29 is 38.2 Å². The van der Waals surface area contributed by atoms with E-state index in [0.717, 1.165) is 38.5 Å². The molecule has 2 unspecified atom stereocenters. The minimum atomic E-state index is -0.874. The number of unbranched alkanes of at least 4 members (excludes halogenated alkanes) is 23. The number of esters is 2. The highest BCUT2D eigenvalue weighted by Crippen LogP contribution is 2.14. The topological polar surface area (TPSA) is 99.1 Å². The number of carboxylic acids is 1. The van der Waals surface area contributed by atoms with Gasteiger partial charge in [-0.15, -0.1) is 0 Å². The van der Waals surface area contributed by atoms with Crippen molar-refractivity contribution in [2.45, 2.75) is 212 Å². The number of rotatable bonds is 39. The maximum absolute atomic E-state index is 12.6. The van der Waals surface area contributed by atoms with E-state index in [1.165, 1.54) is 128 Å². The SMILES string of the molecule is CCCCCCCCCCC/C=C/CCCCCCCCCC(=O)OCC(COCCC(C(=O)O)[N+](C)(C)C)OC(=O)CCCCCCCCCC. The summed E-state index contributed by atoms with van der Waals surface area (Å²) in [6.07, 6.45) is 36.9. The van der Waals surface area contributed by atoms with Gasteiger partial charge in [0.15, 0.2) is 12.1 Å². The Hall–Kier alpha value is -1.93. The van der Waals surface area contributed by atoms with Crippen LogP contribution in [0.5, 0.6) is 0 Å². The van der Waals surface area contributed by atoms with E-state index in [1.807, 2.05) is 21.1 Å². The Morgan fingerprint density at radius 1 is 0.558 bits per heavy atom. The average molecular weight is 739 g/mol. The lowest BCUT2D eigenvalue weighted by Gasteiger charge is -2.31. The van der Waals surface area contributed by atoms with Gasteiger partial charge in [0.1, 0.15) is 6.61 Å². The largest absolute Gasteiger partial charge is 0.477 e. The van der Waals surface area contributed by atoms with Crippen LogP contribution in [-0.4, -0.2) is 80.6 Å². The molecular weight excluding hydrogens is 654 g/mol. The third kappa shape index (κ3) is 33.9. The fourth-order valence-electron chi connectivity index (χ4n) is 6.50. The normalized spacial score (nSPS) is 13.0. The fraction of sp³-hybridized carbons (Fsp3) is 0.886. The summed E-state index contributed by atoms with van der Waals surface area (Å²) >= 11 is 0. The van der Waals surface area contributed by atoms with Gasteiger partial charge in [-0.25, -0.2) is 4.79 Å². The third-order valence-corrected chi connectivity index (χ3v) is 9.91. The molecule has 1 N–H and O–H groups in total. The van der Waals surface area contributed by atoms with Crippen LogP contribution in [0.2, 0.25) is 0 Å². The van der Waals surface area contributed by atoms with Gasteiger partial charge < -0.3 is 23.8 Å². The van der Waals surface area contributed by atoms with E-state index in [-0.39, 0.29) is 36.2 Å². The summed E-state index contributed by atoms with van der Waals surface area (Å²) in [7, 11) is 5.52. The predicted octanol–water partition coefficient (Wildman–Crippen LogP) is 11.5. The first kappa shape index (κ1) is 50.1. The number of carboxylic acid groups (broad SMARTS) is 1. The summed E-state index contributed by atoms with van der Waals surface area (Å²) in [6, 6.07) is -0.609. The van der Waals surface area contributed by atoms with Crippen molar-refractivity contribution in [2.75, 3.05) is 41.0 Å². The van der Waals surface area contributed by atoms with Gasteiger partial charge in [-0.2, -0.15) is 0 Å². The van der Waals surface area contributed by atoms with Gasteiger partial charge in [0.25, 0.3) is 0 Å². The molecule has 0 fully saturated rings. The summed E-state index contributed by atoms with van der Waals surface area (Å²) in [5.74, 6) is -1.47. The van der Waals surface area contributed by atoms with E-state index < -0.39 is 18.1 Å². The first-order chi connectivity index (χ1) is 25.1. The van der Waals surface area contributed by atoms with E-state index in [1.54, 1.807) is 0 Å². The van der Waals surface area contributed by atoms with Gasteiger partial charge in [0.2, 0.25) is 0 Å². The molecule has 0 saturated heterocycles. The molecule has 0 bridgehead atoms. The number of allylic oxidation sites excluding steroid dienone is 2. The molecule has 0 aromatic rings. The van der Waals surface area contributed by atoms with E-state index >= 15 is 0 Å². The number of aliphatic carboxylic acids is 1. The second kappa shape index (κ2) is 36.1. The number of likely N-dealkylation sites (N-methyl/N-ethyl adjacent to an activating group) is 1. The molecule has 52 heavy (non-hydrogen) atoms. The molecule has 2 atom stereocenters. The highest BCUT2D eigenvalue weighted by Gasteiger charge is 2.31. The molecule has 0 heterocycles. The minimum absolute atomic E-state index is 0.0483. The van der Waals surface area contributed by atoms with E-state index in [2.05, 4.69) is 26.0 Å². The molecule has 306 valence electrons. The van der Waals surface area contributed by atoms with Crippen molar-refractivity contribution in [1.82, 2.24) is 0 Å². The summed E-state index contributed by atoms with van der Waals surface area (Å²) in [4.78, 5) is 36.8. The average Bonchev–Trinajstić information content (AvgIpc) is 3.09. The molecule has 0 rings (SSSR count). The highest BCUT2D eigenvalue weighted by molar-refractivity contribution is 5.72. The van der Waals surface area contributed by atoms with Crippen LogP contribution in [-0.2, 0) is 28.6 Å². The second-order valence-electron chi connectivity index (χ2n) is 16.0. The van der Waals surface area contributed by atoms with Crippen molar-refractivity contribution in [3.63, 3.8) is 0 Å². The molecule has 0 aromatic heterocycles. The summed E-state index contributed by atoms with van der Waals surface area (Å²) in [5.41, 5.74) is 0. The van der Waals surface area contributed by atoms with Crippen LogP contribution in [0.25, 0.3) is 0 Å². The molecule has 0 saturated carbocycles. The lowest BCUT2D eigenvalue weighted by molar-refractivity contribution is -0.887. The minimum Gasteiger partial charge on any atom is -0.477 e. The van der Waals surface area contributed by atoms with Crippen LogP contribution < -0.4 is 0 Å². The molecule has 0 aliphatic heterocycles. The first-order valence-electron chi connectivity index (χ1n) is 21.7. The Morgan fingerprint density at radius 3 is 1.38 bits per heavy atom. The Bertz CT molecular complexity index is 869. The van der Waals surface area contributed by atoms with Gasteiger partial charge >= 0.3 is 17.9 Å². The van der Waals surface area contributed by atoms with Crippen LogP contribution in [0.3, 0.4) is 0 Å². The standard InChI is InChI=1S/C44H83NO7/c1-6-8-10-12-14-16-17-18-19-20-21-22-23-24-25-26-27-29-30-32-34-42(46)51-39-40(38-50-37-36-41(44(48)49)45(3,4)5)52-43(47)35-33-31-28-15-13-11-9-7-2/h21-22,40-41H,6-20,23-39H2,1-5H3/p+1/b22-21+. The van der Waals surface area contributed by atoms with Gasteiger partial charge in [0, 0.05) is 19.3 Å². The molecular formula is C44H84NO7+. The van der Waals surface area contributed by atoms with Crippen LogP contribution in [0.4, 0.5) is 0 Å². The molecule has 0 amide bonds. The lowest BCUT2D eigenvalue weighted by Crippen LogP contribution is -2.50. The van der Waals surface area contributed by atoms with Crippen LogP contribution >= 0.6 is 0 Å². The number of hydrogen-bond acceptors (Lipinski definition) is 6. The number of hydrogen-bond donors (Lipinski definition) is 1. The predicted molar refractivity (Wildman–Crippen MR) is 215 cm³/mol. The zero-order valence-corrected chi connectivity index (χ0v) is 34.8. The van der Waals surface area contributed by atoms with Crippen LogP contribution in [0, 0.1) is 0 Å². The zero-order valence-electron chi connectivity index (χ0n) is 34.8. The van der Waals surface area contributed by atoms with Gasteiger partial charge in [-0.1, -0.05) is 154 Å². The second-order valence-corrected chi connectivity index (χ2v) is 16.0. The smallest absolute Gasteiger partial charge is 0.362 e. The van der Waals surface area contributed by atoms with Gasteiger partial charge in [-0.05, 0) is 38.5 Å². The van der Waals surface area contributed by atoms with Crippen molar-refractivity contribution >= 4 is 17.9 Å². The Morgan fingerprint density at radius 2 is 0.962 bits per heavy atom. The summed E-state index contributed by atoms with van der Waals surface area (Å²) in [6.45, 7) is 4.72. The Labute approximate surface area is 320 Å². The van der Waals surface area contributed by atoms with Crippen molar-refractivity contribution in [1.29, 1.82) is 0 Å². The number of carbonyl (C=O) groups excluding carboxylic acids is 2. The molecule has 0 spiro atoms. The Kier molecular flexibility index (Phi) is 34.7. The zero-order chi connectivity index (χ0) is 38.5. The summed E-state index contributed by atoms with van der Waals surface area (Å²) < 4.78 is 17.2. The van der Waals surface area contributed by atoms with Crippen LogP contribution in [0.1, 0.15) is 200 Å². The maximum atomic E-state index is 12.6. The van der Waals surface area contributed by atoms with Gasteiger partial charge in [-0.3, -0.25) is 9.59 Å². The Balaban J connectivity index is 4.19. The quantitative estimate of drug-likeness (QED) is 0.0290. The molecule has 0 aliphatic carbocycles. The van der Waals surface area contributed by atoms with E-state index in [9.17, 15) is 19.5 Å². The maximum Gasteiger partial charge on any atom is 0.362 e. The van der Waals surface area contributed by atoms with Gasteiger partial charge in [0.05, 0.1) is 34.4 Å². The van der Waals surface area contributed by atoms with Crippen molar-refractivity contribution in [3.05, 3.63) is 12.2 Å². The monoisotopic (exact) mass is 739 g/mol. The fourth-order valence-corrected chi connectivity index (χ4v) is 6.50. The third-order valence-electron chi connectivity index (χ3n) is 9.91. The number of carbonyl (C=O) groups is 3. The van der Waals surface area contributed by atoms with Crippen LogP contribution in [0.15, 0.2) is 12.2 Å². The van der Waals surface area contributed by atoms with Crippen molar-refractivity contribution in [3.8, 4) is 0 Å². The first-order valence-corrected chi connectivity index (χ1v) is 21.7. The number of quaternary nitrogens is 1. The highest BCUT2D eigenvalue weighted by atomic mass is 16.6. The molecule has 0 aliphatic rings. The number of nitrogens with zero attached hydrogens (tertiary/aromatic N) is 1. The molecule has 8 heteroatoms. The summed E-state index contributed by atoms with van der Waals surface area (Å²) in [5, 5.41) is 9.58. The number of ether oxygens (including phenoxy) is 3. The lowest BCUT2D eigenvalue weighted by atomic mass is 10.1. The van der Waals surface area contributed by atoms with Crippen molar-refractivity contribution in [2.24, 2.45) is 0 Å². The van der Waals surface area contributed by atoms with E-state index in [0.29, 0.717) is 19.3 Å². The van der Waals surface area contributed by atoms with E-state index in [4.69, 9.17) is 14.2 Å². The molecule has 8 nitrogen and oxygen atoms in total. The molecule has 0 aromatic carbocycles.